The summed E-state index contributed by atoms with van der Waals surface area (Å²) >= 11 is 0. The van der Waals surface area contributed by atoms with Gasteiger partial charge in [0.15, 0.2) is 0 Å². The molecule has 162 valence electrons. The van der Waals surface area contributed by atoms with Crippen molar-refractivity contribution in [1.29, 1.82) is 0 Å². The highest BCUT2D eigenvalue weighted by Crippen LogP contribution is 2.44. The van der Waals surface area contributed by atoms with Crippen LogP contribution in [0.15, 0.2) is 66.7 Å². The SMILES string of the molecule is Cc1cccc(Cc2cc(C(=O)O)cc3[nH]c(-c4ccccc4)c(C4CCCCC4)c23)c1. The zero-order chi connectivity index (χ0) is 22.1. The van der Waals surface area contributed by atoms with Crippen LogP contribution in [0, 0.1) is 6.92 Å². The lowest BCUT2D eigenvalue weighted by atomic mass is 9.80. The molecule has 1 heterocycles. The maximum Gasteiger partial charge on any atom is 0.335 e. The maximum absolute atomic E-state index is 12.0. The number of hydrogen-bond acceptors (Lipinski definition) is 1. The highest BCUT2D eigenvalue weighted by atomic mass is 16.4. The first-order valence-electron chi connectivity index (χ1n) is 11.6. The molecule has 3 nitrogen and oxygen atoms in total. The molecule has 0 saturated heterocycles. The molecule has 0 aliphatic heterocycles. The summed E-state index contributed by atoms with van der Waals surface area (Å²) in [6.45, 7) is 2.10. The topological polar surface area (TPSA) is 53.1 Å². The van der Waals surface area contributed by atoms with Crippen molar-refractivity contribution in [2.45, 2.75) is 51.4 Å². The van der Waals surface area contributed by atoms with E-state index in [4.69, 9.17) is 0 Å². The van der Waals surface area contributed by atoms with Crippen LogP contribution < -0.4 is 0 Å². The van der Waals surface area contributed by atoms with Gasteiger partial charge in [0.1, 0.15) is 0 Å². The first kappa shape index (κ1) is 20.6. The third-order valence-electron chi connectivity index (χ3n) is 6.82. The number of aromatic amines is 1. The molecule has 1 saturated carbocycles. The molecule has 1 aromatic heterocycles. The minimum atomic E-state index is -0.882. The molecule has 1 aliphatic carbocycles. The largest absolute Gasteiger partial charge is 0.478 e. The lowest BCUT2D eigenvalue weighted by Gasteiger charge is -2.24. The molecule has 2 N–H and O–H groups in total. The van der Waals surface area contributed by atoms with E-state index in [0.717, 1.165) is 23.2 Å². The fraction of sp³-hybridized carbons (Fsp3) is 0.276. The first-order chi connectivity index (χ1) is 15.6. The number of carboxylic acids is 1. The van der Waals surface area contributed by atoms with Gasteiger partial charge in [0.05, 0.1) is 5.56 Å². The van der Waals surface area contributed by atoms with E-state index >= 15 is 0 Å². The molecule has 3 aromatic carbocycles. The molecule has 4 aromatic rings. The summed E-state index contributed by atoms with van der Waals surface area (Å²) < 4.78 is 0. The lowest BCUT2D eigenvalue weighted by Crippen LogP contribution is -2.06. The second kappa shape index (κ2) is 8.66. The van der Waals surface area contributed by atoms with Gasteiger partial charge in [0.25, 0.3) is 0 Å². The number of hydrogen-bond donors (Lipinski definition) is 2. The van der Waals surface area contributed by atoms with E-state index in [0.29, 0.717) is 11.5 Å². The Kier molecular flexibility index (Phi) is 5.57. The minimum Gasteiger partial charge on any atom is -0.478 e. The predicted molar refractivity (Wildman–Crippen MR) is 131 cm³/mol. The van der Waals surface area contributed by atoms with Crippen molar-refractivity contribution in [3.63, 3.8) is 0 Å². The number of benzene rings is 3. The van der Waals surface area contributed by atoms with Crippen LogP contribution in [0.2, 0.25) is 0 Å². The van der Waals surface area contributed by atoms with E-state index < -0.39 is 5.97 Å². The number of carboxylic acid groups (broad SMARTS) is 1. The van der Waals surface area contributed by atoms with Crippen molar-refractivity contribution < 1.29 is 9.90 Å². The van der Waals surface area contributed by atoms with Gasteiger partial charge in [-0.2, -0.15) is 0 Å². The third-order valence-corrected chi connectivity index (χ3v) is 6.82. The quantitative estimate of drug-likeness (QED) is 0.349. The highest BCUT2D eigenvalue weighted by Gasteiger charge is 2.26. The van der Waals surface area contributed by atoms with E-state index in [1.165, 1.54) is 59.7 Å². The first-order valence-corrected chi connectivity index (χ1v) is 11.6. The van der Waals surface area contributed by atoms with Gasteiger partial charge in [-0.25, -0.2) is 4.79 Å². The number of aryl methyl sites for hydroxylation is 1. The summed E-state index contributed by atoms with van der Waals surface area (Å²) in [6.07, 6.45) is 6.93. The number of fused-ring (bicyclic) bond motifs is 1. The number of rotatable bonds is 5. The maximum atomic E-state index is 12.0. The Morgan fingerprint density at radius 1 is 0.969 bits per heavy atom. The minimum absolute atomic E-state index is 0.344. The predicted octanol–water partition coefficient (Wildman–Crippen LogP) is 7.48. The zero-order valence-corrected chi connectivity index (χ0v) is 18.5. The van der Waals surface area contributed by atoms with Crippen molar-refractivity contribution in [2.24, 2.45) is 0 Å². The van der Waals surface area contributed by atoms with Crippen LogP contribution in [0.1, 0.15) is 70.6 Å². The van der Waals surface area contributed by atoms with Crippen molar-refractivity contribution in [2.75, 3.05) is 0 Å². The second-order valence-electron chi connectivity index (χ2n) is 9.14. The Balaban J connectivity index is 1.77. The number of H-pyrrole nitrogens is 1. The van der Waals surface area contributed by atoms with Crippen LogP contribution in [0.3, 0.4) is 0 Å². The lowest BCUT2D eigenvalue weighted by molar-refractivity contribution is 0.0697. The fourth-order valence-corrected chi connectivity index (χ4v) is 5.38. The van der Waals surface area contributed by atoms with Crippen LogP contribution in [0.25, 0.3) is 22.2 Å². The molecule has 1 aliphatic rings. The Bertz CT molecular complexity index is 1260. The molecule has 0 amide bonds. The van der Waals surface area contributed by atoms with Gasteiger partial charge >= 0.3 is 5.97 Å². The van der Waals surface area contributed by atoms with E-state index in [1.54, 1.807) is 0 Å². The van der Waals surface area contributed by atoms with Gasteiger partial charge in [0.2, 0.25) is 0 Å². The van der Waals surface area contributed by atoms with E-state index in [9.17, 15) is 9.90 Å². The highest BCUT2D eigenvalue weighted by molar-refractivity contribution is 5.99. The third kappa shape index (κ3) is 3.95. The van der Waals surface area contributed by atoms with Crippen LogP contribution in [0.4, 0.5) is 0 Å². The molecule has 0 bridgehead atoms. The molecule has 5 rings (SSSR count). The summed E-state index contributed by atoms with van der Waals surface area (Å²) in [7, 11) is 0. The van der Waals surface area contributed by atoms with Gasteiger partial charge < -0.3 is 10.1 Å². The fourth-order valence-electron chi connectivity index (χ4n) is 5.38. The zero-order valence-electron chi connectivity index (χ0n) is 18.5. The normalized spacial score (nSPS) is 14.7. The Labute approximate surface area is 189 Å². The number of nitrogens with one attached hydrogen (secondary N) is 1. The van der Waals surface area contributed by atoms with Gasteiger partial charge in [0, 0.05) is 16.6 Å². The summed E-state index contributed by atoms with van der Waals surface area (Å²) in [5, 5.41) is 11.0. The van der Waals surface area contributed by atoms with Crippen LogP contribution in [0.5, 0.6) is 0 Å². The summed E-state index contributed by atoms with van der Waals surface area (Å²) in [4.78, 5) is 15.6. The van der Waals surface area contributed by atoms with Crippen LogP contribution >= 0.6 is 0 Å². The molecule has 3 heteroatoms. The average Bonchev–Trinajstić information content (AvgIpc) is 3.20. The van der Waals surface area contributed by atoms with Gasteiger partial charge in [-0.1, -0.05) is 79.4 Å². The standard InChI is InChI=1S/C29H29NO2/c1-19-9-8-10-20(15-19)16-23-17-24(29(31)32)18-25-26(23)27(21-11-4-2-5-12-21)28(30-25)22-13-6-3-7-14-22/h3,6-10,13-15,17-18,21,30H,2,4-5,11-12,16H2,1H3,(H,31,32). The second-order valence-corrected chi connectivity index (χ2v) is 9.14. The Morgan fingerprint density at radius 3 is 2.47 bits per heavy atom. The smallest absolute Gasteiger partial charge is 0.335 e. The molecule has 0 spiro atoms. The van der Waals surface area contributed by atoms with Crippen molar-refractivity contribution >= 4 is 16.9 Å². The molecule has 0 unspecified atom stereocenters. The van der Waals surface area contributed by atoms with Crippen molar-refractivity contribution in [3.05, 3.63) is 94.5 Å². The molecular weight excluding hydrogens is 394 g/mol. The van der Waals surface area contributed by atoms with Crippen LogP contribution in [-0.4, -0.2) is 16.1 Å². The molecule has 1 fully saturated rings. The number of carbonyl (C=O) groups is 1. The molecule has 0 radical (unpaired) electrons. The van der Waals surface area contributed by atoms with Gasteiger partial charge in [-0.05, 0) is 66.5 Å². The Hall–Kier alpha value is -3.33. The number of aromatic carboxylic acids is 1. The Morgan fingerprint density at radius 2 is 1.75 bits per heavy atom. The van der Waals surface area contributed by atoms with E-state index in [-0.39, 0.29) is 0 Å². The summed E-state index contributed by atoms with van der Waals surface area (Å²) in [5.41, 5.74) is 8.52. The summed E-state index contributed by atoms with van der Waals surface area (Å²) in [6, 6.07) is 22.7. The molecular formula is C29H29NO2. The average molecular weight is 424 g/mol. The van der Waals surface area contributed by atoms with Crippen molar-refractivity contribution in [1.82, 2.24) is 4.98 Å². The number of aromatic nitrogens is 1. The van der Waals surface area contributed by atoms with E-state index in [1.807, 2.05) is 18.2 Å². The van der Waals surface area contributed by atoms with E-state index in [2.05, 4.69) is 60.4 Å². The monoisotopic (exact) mass is 423 g/mol. The van der Waals surface area contributed by atoms with Gasteiger partial charge in [-0.15, -0.1) is 0 Å². The van der Waals surface area contributed by atoms with Crippen molar-refractivity contribution in [3.8, 4) is 11.3 Å². The van der Waals surface area contributed by atoms with Gasteiger partial charge in [-0.3, -0.25) is 0 Å². The molecule has 32 heavy (non-hydrogen) atoms. The van der Waals surface area contributed by atoms with Crippen LogP contribution in [-0.2, 0) is 6.42 Å². The summed E-state index contributed by atoms with van der Waals surface area (Å²) in [5.74, 6) is -0.382. The molecule has 0 atom stereocenters.